The summed E-state index contributed by atoms with van der Waals surface area (Å²) in [5, 5.41) is 0. The van der Waals surface area contributed by atoms with E-state index in [1.54, 1.807) is 0 Å². The molecule has 0 amide bonds. The van der Waals surface area contributed by atoms with Gasteiger partial charge in [0, 0.05) is 10.4 Å². The van der Waals surface area contributed by atoms with Crippen LogP contribution in [0, 0.1) is 0 Å². The van der Waals surface area contributed by atoms with Gasteiger partial charge >= 0.3 is 44.7 Å². The maximum Gasteiger partial charge on any atom is 2.00 e. The second kappa shape index (κ2) is 5.46. The molecule has 2 radical (unpaired) electrons. The molecular weight excluding hydrogens is 360 g/mol. The molecule has 0 aromatic rings. The third-order valence-electron chi connectivity index (χ3n) is 0. The van der Waals surface area contributed by atoms with E-state index in [4.69, 9.17) is 17.5 Å². The van der Waals surface area contributed by atoms with Crippen LogP contribution < -0.4 is 0 Å². The second-order valence-corrected chi connectivity index (χ2v) is 1.22. The number of hydrogen-bond acceptors (Lipinski definition) is 4. The Morgan fingerprint density at radius 3 is 1.14 bits per heavy atom. The van der Waals surface area contributed by atoms with Crippen molar-refractivity contribution in [2.24, 2.45) is 0 Å². The van der Waals surface area contributed by atoms with Crippen molar-refractivity contribution in [3.63, 3.8) is 0 Å². The molecule has 0 fully saturated rings. The Bertz CT molecular complexity index is 94.9. The van der Waals surface area contributed by atoms with Gasteiger partial charge in [-0.3, -0.25) is 8.42 Å². The molecule has 0 rings (SSSR count). The Kier molecular flexibility index (Phi) is 12.3. The summed E-state index contributed by atoms with van der Waals surface area (Å²) in [5.74, 6) is 0. The minimum absolute atomic E-state index is 0. The fraction of sp³-hybridized carbons (Fsp3) is 0. The monoisotopic (exact) mass is 361 g/mol. The fourth-order valence-corrected chi connectivity index (χ4v) is 0. The van der Waals surface area contributed by atoms with Crippen LogP contribution in [0.2, 0.25) is 0 Å². The molecule has 0 aliphatic rings. The summed E-state index contributed by atoms with van der Waals surface area (Å²) in [7, 11) is -5.17. The van der Waals surface area contributed by atoms with Crippen LogP contribution in [0.3, 0.4) is 0 Å². The van der Waals surface area contributed by atoms with E-state index in [0.717, 1.165) is 0 Å². The molecule has 4 nitrogen and oxygen atoms in total. The third kappa shape index (κ3) is 118. The summed E-state index contributed by atoms with van der Waals surface area (Å²) < 4.78 is 34.1. The van der Waals surface area contributed by atoms with Crippen LogP contribution >= 0.6 is 0 Å². The largest absolute Gasteiger partial charge is 2.00 e. The smallest absolute Gasteiger partial charge is 0.759 e. The van der Waals surface area contributed by atoms with Gasteiger partial charge in [-0.1, -0.05) is 0 Å². The van der Waals surface area contributed by atoms with Crippen molar-refractivity contribution >= 4 is 10.4 Å². The first-order valence-corrected chi connectivity index (χ1v) is 2.00. The summed E-state index contributed by atoms with van der Waals surface area (Å²) in [5.41, 5.74) is 0. The molecule has 0 spiro atoms. The van der Waals surface area contributed by atoms with E-state index in [-0.39, 0.29) is 44.7 Å². The van der Waals surface area contributed by atoms with Crippen LogP contribution in [-0.2, 0) is 55.1 Å². The topological polar surface area (TPSA) is 80.3 Å². The van der Waals surface area contributed by atoms with Crippen molar-refractivity contribution in [1.82, 2.24) is 0 Å². The first-order valence-electron chi connectivity index (χ1n) is 0.667. The van der Waals surface area contributed by atoms with Crippen molar-refractivity contribution in [2.75, 3.05) is 0 Å². The van der Waals surface area contributed by atoms with Gasteiger partial charge in [-0.25, -0.2) is 0 Å². The normalized spacial score (nSPS) is 8.29. The SMILES string of the molecule is O=S(=O)([O-])[O-].[Cu+2].[Hg+]. The van der Waals surface area contributed by atoms with Gasteiger partial charge in [-0.15, -0.1) is 0 Å². The Labute approximate surface area is 72.2 Å². The van der Waals surface area contributed by atoms with E-state index in [0.29, 0.717) is 0 Å². The molecule has 0 atom stereocenters. The van der Waals surface area contributed by atoms with E-state index < -0.39 is 10.4 Å². The van der Waals surface area contributed by atoms with Crippen molar-refractivity contribution in [3.8, 4) is 0 Å². The molecule has 0 unspecified atom stereocenters. The summed E-state index contributed by atoms with van der Waals surface area (Å²) in [6.45, 7) is 0. The van der Waals surface area contributed by atoms with E-state index >= 15 is 0 Å². The van der Waals surface area contributed by atoms with Crippen molar-refractivity contribution in [2.45, 2.75) is 0 Å². The van der Waals surface area contributed by atoms with E-state index in [1.165, 1.54) is 0 Å². The summed E-state index contributed by atoms with van der Waals surface area (Å²) >= 11 is 0. The molecule has 7 heavy (non-hydrogen) atoms. The van der Waals surface area contributed by atoms with E-state index in [2.05, 4.69) is 0 Å². The standard InChI is InChI=1S/Cu.Hg.H2O4S/c;;1-5(2,3)4/h;;(H2,1,2,3,4)/q+2;+1;/p-2. The first kappa shape index (κ1) is 15.8. The number of rotatable bonds is 0. The van der Waals surface area contributed by atoms with Crippen molar-refractivity contribution < 1.29 is 62.3 Å². The molecule has 0 aromatic carbocycles. The average Bonchev–Trinajstić information content (AvgIpc) is 0.722. The van der Waals surface area contributed by atoms with E-state index in [9.17, 15) is 0 Å². The second-order valence-electron chi connectivity index (χ2n) is 0.408. The molecule has 42 valence electrons. The van der Waals surface area contributed by atoms with Crippen molar-refractivity contribution in [1.29, 1.82) is 0 Å². The minimum Gasteiger partial charge on any atom is -0.759 e. The molecule has 0 N–H and O–H groups in total. The molecule has 0 bridgehead atoms. The molecule has 0 aliphatic heterocycles. The van der Waals surface area contributed by atoms with Gasteiger partial charge in [0.2, 0.25) is 0 Å². The predicted molar refractivity (Wildman–Crippen MR) is 10.5 cm³/mol. The molecule has 0 saturated carbocycles. The van der Waals surface area contributed by atoms with E-state index in [1.807, 2.05) is 0 Å². The van der Waals surface area contributed by atoms with Gasteiger partial charge in [-0.2, -0.15) is 0 Å². The zero-order valence-electron chi connectivity index (χ0n) is 3.05. The molecule has 0 aromatic heterocycles. The first-order chi connectivity index (χ1) is 2.00. The third-order valence-corrected chi connectivity index (χ3v) is 0. The maximum atomic E-state index is 8.52. The van der Waals surface area contributed by atoms with Crippen LogP contribution in [0.15, 0.2) is 0 Å². The Morgan fingerprint density at radius 1 is 1.14 bits per heavy atom. The molecule has 0 saturated heterocycles. The predicted octanol–water partition coefficient (Wildman–Crippen LogP) is -1.34. The summed E-state index contributed by atoms with van der Waals surface area (Å²) in [4.78, 5) is 0. The van der Waals surface area contributed by atoms with Gasteiger partial charge in [0.25, 0.3) is 0 Å². The quantitative estimate of drug-likeness (QED) is 0.304. The molecular formula is CuHgO4S+. The van der Waals surface area contributed by atoms with Crippen molar-refractivity contribution in [3.05, 3.63) is 0 Å². The van der Waals surface area contributed by atoms with Crippen LogP contribution in [-0.4, -0.2) is 17.5 Å². The number of hydrogen-bond donors (Lipinski definition) is 0. The fourth-order valence-electron chi connectivity index (χ4n) is 0. The summed E-state index contributed by atoms with van der Waals surface area (Å²) in [6, 6.07) is 0. The van der Waals surface area contributed by atoms with Crippen LogP contribution in [0.1, 0.15) is 0 Å². The average molecular weight is 360 g/mol. The van der Waals surface area contributed by atoms with Gasteiger partial charge < -0.3 is 9.11 Å². The zero-order chi connectivity index (χ0) is 4.50. The van der Waals surface area contributed by atoms with Gasteiger partial charge in [0.05, 0.1) is 0 Å². The van der Waals surface area contributed by atoms with Gasteiger partial charge in [0.1, 0.15) is 0 Å². The Hall–Kier alpha value is 1.32. The molecule has 0 aliphatic carbocycles. The Balaban J connectivity index is -0.0000000800. The van der Waals surface area contributed by atoms with Gasteiger partial charge in [-0.05, 0) is 0 Å². The summed E-state index contributed by atoms with van der Waals surface area (Å²) in [6.07, 6.45) is 0. The van der Waals surface area contributed by atoms with Crippen LogP contribution in [0.25, 0.3) is 0 Å². The maximum absolute atomic E-state index is 8.52. The van der Waals surface area contributed by atoms with Crippen LogP contribution in [0.4, 0.5) is 0 Å². The Morgan fingerprint density at radius 2 is 1.14 bits per heavy atom. The minimum atomic E-state index is -5.17. The zero-order valence-corrected chi connectivity index (χ0v) is 10.3. The van der Waals surface area contributed by atoms with Crippen LogP contribution in [0.5, 0.6) is 0 Å². The van der Waals surface area contributed by atoms with Gasteiger partial charge in [0.15, 0.2) is 0 Å². The molecule has 7 heteroatoms. The molecule has 0 heterocycles.